The Morgan fingerprint density at radius 1 is 1.24 bits per heavy atom. The molecule has 0 N–H and O–H groups in total. The van der Waals surface area contributed by atoms with Gasteiger partial charge in [-0.15, -0.1) is 0 Å². The standard InChI is InChI=1S/C20H29NO4/c1-7-8-9-15(2)19(16(3)20(22)21(4)24-6)25-14-17-10-12-18(23-5)13-11-17/h7-13,15-16,19H,1,14H2,2-6H3/b9-8-/t15-,16+,19-/m1/s1. The third-order valence-corrected chi connectivity index (χ3v) is 4.14. The number of methoxy groups -OCH3 is 1. The maximum absolute atomic E-state index is 12.4. The molecule has 0 aliphatic heterocycles. The van der Waals surface area contributed by atoms with Gasteiger partial charge in [-0.25, -0.2) is 5.06 Å². The van der Waals surface area contributed by atoms with Crippen LogP contribution in [0.15, 0.2) is 49.1 Å². The van der Waals surface area contributed by atoms with Gasteiger partial charge in [0.2, 0.25) is 0 Å². The number of allylic oxidation sites excluding steroid dienone is 2. The fourth-order valence-electron chi connectivity index (χ4n) is 2.55. The van der Waals surface area contributed by atoms with Crippen LogP contribution < -0.4 is 4.74 Å². The lowest BCUT2D eigenvalue weighted by Crippen LogP contribution is -2.40. The Kier molecular flexibility index (Phi) is 8.95. The molecule has 3 atom stereocenters. The van der Waals surface area contributed by atoms with Gasteiger partial charge in [-0.2, -0.15) is 0 Å². The molecule has 1 amide bonds. The van der Waals surface area contributed by atoms with Gasteiger partial charge < -0.3 is 9.47 Å². The molecule has 0 spiro atoms. The van der Waals surface area contributed by atoms with Gasteiger partial charge in [0.1, 0.15) is 5.75 Å². The fraction of sp³-hybridized carbons (Fsp3) is 0.450. The second kappa shape index (κ2) is 10.7. The molecular weight excluding hydrogens is 318 g/mol. The molecule has 138 valence electrons. The fourth-order valence-corrected chi connectivity index (χ4v) is 2.55. The highest BCUT2D eigenvalue weighted by atomic mass is 16.7. The third-order valence-electron chi connectivity index (χ3n) is 4.14. The Morgan fingerprint density at radius 2 is 1.88 bits per heavy atom. The Bertz CT molecular complexity index is 568. The Balaban J connectivity index is 2.87. The first-order chi connectivity index (χ1) is 11.9. The van der Waals surface area contributed by atoms with Crippen molar-refractivity contribution in [1.82, 2.24) is 5.06 Å². The summed E-state index contributed by atoms with van der Waals surface area (Å²) in [6.45, 7) is 7.98. The zero-order chi connectivity index (χ0) is 18.8. The van der Waals surface area contributed by atoms with Crippen LogP contribution in [0.1, 0.15) is 19.4 Å². The predicted octanol–water partition coefficient (Wildman–Crippen LogP) is 3.61. The number of benzene rings is 1. The Labute approximate surface area is 150 Å². The monoisotopic (exact) mass is 347 g/mol. The highest BCUT2D eigenvalue weighted by molar-refractivity contribution is 5.77. The maximum Gasteiger partial charge on any atom is 0.251 e. The lowest BCUT2D eigenvalue weighted by molar-refractivity contribution is -0.179. The quantitative estimate of drug-likeness (QED) is 0.479. The van der Waals surface area contributed by atoms with Crippen LogP contribution in [0.4, 0.5) is 0 Å². The largest absolute Gasteiger partial charge is 0.497 e. The molecule has 1 aromatic rings. The highest BCUT2D eigenvalue weighted by Crippen LogP contribution is 2.22. The van der Waals surface area contributed by atoms with Crippen LogP contribution in [0, 0.1) is 11.8 Å². The Morgan fingerprint density at radius 3 is 2.40 bits per heavy atom. The first-order valence-electron chi connectivity index (χ1n) is 8.30. The van der Waals surface area contributed by atoms with E-state index in [9.17, 15) is 4.79 Å². The SMILES string of the molecule is C=C/C=C\[C@@H](C)[C@@H](OCc1ccc(OC)cc1)[C@H](C)C(=O)N(C)OC. The minimum absolute atomic E-state index is 0.0421. The first kappa shape index (κ1) is 20.9. The normalized spacial score (nSPS) is 14.8. The van der Waals surface area contributed by atoms with Crippen LogP contribution in [-0.4, -0.2) is 38.3 Å². The van der Waals surface area contributed by atoms with Crippen molar-refractivity contribution >= 4 is 5.91 Å². The maximum atomic E-state index is 12.4. The molecule has 0 fully saturated rings. The van der Waals surface area contributed by atoms with Gasteiger partial charge >= 0.3 is 0 Å². The van der Waals surface area contributed by atoms with E-state index >= 15 is 0 Å². The van der Waals surface area contributed by atoms with E-state index in [1.807, 2.05) is 50.3 Å². The average Bonchev–Trinajstić information content (AvgIpc) is 2.65. The number of hydroxylamine groups is 2. The summed E-state index contributed by atoms with van der Waals surface area (Å²) >= 11 is 0. The average molecular weight is 347 g/mol. The minimum atomic E-state index is -0.354. The Hall–Kier alpha value is -2.11. The second-order valence-electron chi connectivity index (χ2n) is 5.91. The van der Waals surface area contributed by atoms with E-state index < -0.39 is 0 Å². The lowest BCUT2D eigenvalue weighted by atomic mass is 9.92. The molecule has 0 saturated heterocycles. The summed E-state index contributed by atoms with van der Waals surface area (Å²) in [5, 5.41) is 1.23. The predicted molar refractivity (Wildman–Crippen MR) is 99.0 cm³/mol. The molecule has 0 bridgehead atoms. The molecule has 0 aliphatic rings. The van der Waals surface area contributed by atoms with Crippen molar-refractivity contribution < 1.29 is 19.1 Å². The topological polar surface area (TPSA) is 48.0 Å². The van der Waals surface area contributed by atoms with Gasteiger partial charge in [0, 0.05) is 13.0 Å². The summed E-state index contributed by atoms with van der Waals surface area (Å²) in [5.74, 6) is 0.363. The smallest absolute Gasteiger partial charge is 0.251 e. The second-order valence-corrected chi connectivity index (χ2v) is 5.91. The number of hydrogen-bond donors (Lipinski definition) is 0. The summed E-state index contributed by atoms with van der Waals surface area (Å²) in [4.78, 5) is 17.5. The molecule has 0 heterocycles. The van der Waals surface area contributed by atoms with E-state index in [2.05, 4.69) is 6.58 Å². The van der Waals surface area contributed by atoms with Gasteiger partial charge in [0.05, 0.1) is 32.8 Å². The minimum Gasteiger partial charge on any atom is -0.497 e. The van der Waals surface area contributed by atoms with Crippen molar-refractivity contribution in [1.29, 1.82) is 0 Å². The molecule has 5 heteroatoms. The van der Waals surface area contributed by atoms with Crippen LogP contribution in [0.3, 0.4) is 0 Å². The van der Waals surface area contributed by atoms with E-state index in [0.29, 0.717) is 6.61 Å². The van der Waals surface area contributed by atoms with Crippen molar-refractivity contribution in [3.05, 3.63) is 54.6 Å². The lowest BCUT2D eigenvalue weighted by Gasteiger charge is -2.29. The molecule has 1 aromatic carbocycles. The number of amides is 1. The van der Waals surface area contributed by atoms with E-state index in [0.717, 1.165) is 11.3 Å². The molecule has 0 saturated carbocycles. The van der Waals surface area contributed by atoms with Crippen LogP contribution >= 0.6 is 0 Å². The van der Waals surface area contributed by atoms with Gasteiger partial charge in [0.25, 0.3) is 5.91 Å². The molecule has 25 heavy (non-hydrogen) atoms. The number of carbonyl (C=O) groups excluding carboxylic acids is 1. The van der Waals surface area contributed by atoms with Crippen molar-refractivity contribution in [3.8, 4) is 5.75 Å². The summed E-state index contributed by atoms with van der Waals surface area (Å²) < 4.78 is 11.3. The molecule has 1 rings (SSSR count). The van der Waals surface area contributed by atoms with E-state index in [-0.39, 0.29) is 23.8 Å². The number of carbonyl (C=O) groups is 1. The van der Waals surface area contributed by atoms with Crippen molar-refractivity contribution in [2.75, 3.05) is 21.3 Å². The van der Waals surface area contributed by atoms with E-state index in [1.165, 1.54) is 12.2 Å². The molecule has 0 radical (unpaired) electrons. The van der Waals surface area contributed by atoms with Crippen molar-refractivity contribution in [2.45, 2.75) is 26.6 Å². The van der Waals surface area contributed by atoms with Crippen LogP contribution in [0.5, 0.6) is 5.75 Å². The molecular formula is C20H29NO4. The summed E-state index contributed by atoms with van der Waals surface area (Å²) in [6.07, 6.45) is 5.28. The van der Waals surface area contributed by atoms with Crippen molar-refractivity contribution in [3.63, 3.8) is 0 Å². The summed E-state index contributed by atoms with van der Waals surface area (Å²) in [5.41, 5.74) is 1.02. The number of hydrogen-bond acceptors (Lipinski definition) is 4. The van der Waals surface area contributed by atoms with E-state index in [4.69, 9.17) is 14.3 Å². The summed E-state index contributed by atoms with van der Waals surface area (Å²) in [7, 11) is 4.71. The molecule has 0 unspecified atom stereocenters. The molecule has 5 nitrogen and oxygen atoms in total. The zero-order valence-corrected chi connectivity index (χ0v) is 15.8. The van der Waals surface area contributed by atoms with Crippen LogP contribution in [-0.2, 0) is 21.0 Å². The van der Waals surface area contributed by atoms with Gasteiger partial charge in [-0.05, 0) is 17.7 Å². The number of rotatable bonds is 10. The van der Waals surface area contributed by atoms with Gasteiger partial charge in [-0.3, -0.25) is 9.63 Å². The van der Waals surface area contributed by atoms with Gasteiger partial charge in [-0.1, -0.05) is 50.8 Å². The van der Waals surface area contributed by atoms with Crippen LogP contribution in [0.25, 0.3) is 0 Å². The summed E-state index contributed by atoms with van der Waals surface area (Å²) in [6, 6.07) is 7.69. The number of ether oxygens (including phenoxy) is 2. The first-order valence-corrected chi connectivity index (χ1v) is 8.30. The van der Waals surface area contributed by atoms with Gasteiger partial charge in [0.15, 0.2) is 0 Å². The van der Waals surface area contributed by atoms with Crippen LogP contribution in [0.2, 0.25) is 0 Å². The third kappa shape index (κ3) is 6.36. The number of nitrogens with zero attached hydrogens (tertiary/aromatic N) is 1. The van der Waals surface area contributed by atoms with E-state index in [1.54, 1.807) is 20.2 Å². The van der Waals surface area contributed by atoms with Crippen molar-refractivity contribution in [2.24, 2.45) is 11.8 Å². The zero-order valence-electron chi connectivity index (χ0n) is 15.8. The molecule has 0 aliphatic carbocycles. The molecule has 0 aromatic heterocycles. The highest BCUT2D eigenvalue weighted by Gasteiger charge is 2.30.